The Morgan fingerprint density at radius 3 is 1.92 bits per heavy atom. The van der Waals surface area contributed by atoms with Crippen LogP contribution in [0.15, 0.2) is 151 Å². The SMILES string of the molecule is CC1(C)C2=Cc3c(c4ccccc4n3-c3ccc4c(c3)C(C)(C)c3cc(N(c5ccccc5)c5ccccc5)ccc3-4)CC2c2ccccc21. The molecule has 0 fully saturated rings. The van der Waals surface area contributed by atoms with Gasteiger partial charge >= 0.3 is 0 Å². The van der Waals surface area contributed by atoms with Crippen LogP contribution >= 0.6 is 0 Å². The maximum atomic E-state index is 2.55. The highest BCUT2D eigenvalue weighted by atomic mass is 15.1. The first kappa shape index (κ1) is 29.3. The molecular formula is C48H40N2. The Balaban J connectivity index is 1.11. The summed E-state index contributed by atoms with van der Waals surface area (Å²) >= 11 is 0. The number of rotatable bonds is 4. The predicted octanol–water partition coefficient (Wildman–Crippen LogP) is 12.4. The first-order valence-electron chi connectivity index (χ1n) is 18.0. The first-order valence-corrected chi connectivity index (χ1v) is 18.0. The molecule has 1 aromatic heterocycles. The summed E-state index contributed by atoms with van der Waals surface area (Å²) in [7, 11) is 0. The molecule has 0 saturated heterocycles. The molecule has 1 heterocycles. The number of para-hydroxylation sites is 3. The Morgan fingerprint density at radius 2 is 1.18 bits per heavy atom. The Bertz CT molecular complexity index is 2470. The minimum Gasteiger partial charge on any atom is -0.310 e. The third-order valence-electron chi connectivity index (χ3n) is 12.0. The van der Waals surface area contributed by atoms with E-state index in [1.807, 2.05) is 0 Å². The van der Waals surface area contributed by atoms with Crippen molar-refractivity contribution in [2.24, 2.45) is 0 Å². The summed E-state index contributed by atoms with van der Waals surface area (Å²) in [5.74, 6) is 0.432. The van der Waals surface area contributed by atoms with Gasteiger partial charge in [-0.15, -0.1) is 0 Å². The number of fused-ring (bicyclic) bond motifs is 9. The summed E-state index contributed by atoms with van der Waals surface area (Å²) in [5.41, 5.74) is 18.6. The zero-order valence-corrected chi connectivity index (χ0v) is 29.1. The molecule has 0 spiro atoms. The van der Waals surface area contributed by atoms with Crippen molar-refractivity contribution < 1.29 is 0 Å². The fourth-order valence-corrected chi connectivity index (χ4v) is 9.54. The number of benzene rings is 6. The van der Waals surface area contributed by atoms with E-state index in [1.165, 1.54) is 72.5 Å². The van der Waals surface area contributed by atoms with Crippen LogP contribution in [0.25, 0.3) is 33.8 Å². The van der Waals surface area contributed by atoms with E-state index >= 15 is 0 Å². The van der Waals surface area contributed by atoms with Gasteiger partial charge in [0, 0.05) is 44.9 Å². The monoisotopic (exact) mass is 644 g/mol. The maximum Gasteiger partial charge on any atom is 0.0537 e. The molecule has 0 bridgehead atoms. The van der Waals surface area contributed by atoms with Crippen LogP contribution in [0.1, 0.15) is 67.1 Å². The van der Waals surface area contributed by atoms with Gasteiger partial charge in [-0.05, 0) is 106 Å². The summed E-state index contributed by atoms with van der Waals surface area (Å²) in [6.45, 7) is 9.62. The highest BCUT2D eigenvalue weighted by molar-refractivity contribution is 5.93. The summed E-state index contributed by atoms with van der Waals surface area (Å²) in [4.78, 5) is 2.37. The van der Waals surface area contributed by atoms with E-state index in [1.54, 1.807) is 0 Å². The molecule has 0 saturated carbocycles. The smallest absolute Gasteiger partial charge is 0.0537 e. The average Bonchev–Trinajstić information content (AvgIpc) is 3.68. The molecule has 0 N–H and O–H groups in total. The lowest BCUT2D eigenvalue weighted by Crippen LogP contribution is -2.20. The highest BCUT2D eigenvalue weighted by Crippen LogP contribution is 2.56. The normalized spacial score (nSPS) is 17.4. The molecule has 0 radical (unpaired) electrons. The molecule has 0 amide bonds. The van der Waals surface area contributed by atoms with Crippen LogP contribution in [-0.4, -0.2) is 4.57 Å². The van der Waals surface area contributed by atoms with Crippen LogP contribution in [-0.2, 0) is 17.3 Å². The number of allylic oxidation sites excluding steroid dienone is 1. The van der Waals surface area contributed by atoms with Crippen LogP contribution in [0, 0.1) is 0 Å². The Hall–Kier alpha value is -5.60. The van der Waals surface area contributed by atoms with Crippen LogP contribution in [0.2, 0.25) is 0 Å². The zero-order valence-electron chi connectivity index (χ0n) is 29.1. The number of aromatic nitrogens is 1. The Kier molecular flexibility index (Phi) is 6.13. The fourth-order valence-electron chi connectivity index (χ4n) is 9.54. The lowest BCUT2D eigenvalue weighted by atomic mass is 9.76. The van der Waals surface area contributed by atoms with E-state index < -0.39 is 0 Å². The molecule has 1 atom stereocenters. The second kappa shape index (κ2) is 10.5. The largest absolute Gasteiger partial charge is 0.310 e. The van der Waals surface area contributed by atoms with Crippen molar-refractivity contribution in [2.45, 2.75) is 50.9 Å². The van der Waals surface area contributed by atoms with Gasteiger partial charge in [0.25, 0.3) is 0 Å². The fraction of sp³-hybridized carbons (Fsp3) is 0.167. The molecule has 1 unspecified atom stereocenters. The molecule has 2 heteroatoms. The molecule has 3 aliphatic carbocycles. The van der Waals surface area contributed by atoms with Gasteiger partial charge in [-0.25, -0.2) is 0 Å². The van der Waals surface area contributed by atoms with E-state index in [-0.39, 0.29) is 10.8 Å². The topological polar surface area (TPSA) is 8.17 Å². The standard InChI is InChI=1S/C48H40N2/c1-47(2)41-21-13-11-19-35(41)39-29-40-38-20-12-14-22-45(38)50(46(40)30-44(39)47)34-24-26-37-36-25-23-33(27-42(36)48(3,4)43(37)28-34)49(31-15-7-5-8-16-31)32-17-9-6-10-18-32/h5-28,30,39H,29H2,1-4H3. The molecular weight excluding hydrogens is 605 g/mol. The summed E-state index contributed by atoms with van der Waals surface area (Å²) in [5, 5.41) is 1.37. The third kappa shape index (κ3) is 4.02. The van der Waals surface area contributed by atoms with E-state index in [0.29, 0.717) is 5.92 Å². The van der Waals surface area contributed by atoms with Gasteiger partial charge < -0.3 is 9.47 Å². The first-order chi connectivity index (χ1) is 24.3. The van der Waals surface area contributed by atoms with E-state index in [2.05, 4.69) is 189 Å². The van der Waals surface area contributed by atoms with Crippen molar-refractivity contribution in [1.29, 1.82) is 0 Å². The van der Waals surface area contributed by atoms with Gasteiger partial charge in [-0.3, -0.25) is 0 Å². The van der Waals surface area contributed by atoms with Crippen molar-refractivity contribution in [3.05, 3.63) is 185 Å². The molecule has 242 valence electrons. The molecule has 3 aliphatic rings. The second-order valence-corrected chi connectivity index (χ2v) is 15.4. The minimum absolute atomic E-state index is 0.00684. The predicted molar refractivity (Wildman–Crippen MR) is 209 cm³/mol. The Morgan fingerprint density at radius 1 is 0.560 bits per heavy atom. The summed E-state index contributed by atoms with van der Waals surface area (Å²) < 4.78 is 2.55. The lowest BCUT2D eigenvalue weighted by molar-refractivity contribution is 0.613. The number of hydrogen-bond donors (Lipinski definition) is 0. The van der Waals surface area contributed by atoms with Crippen LogP contribution in [0.4, 0.5) is 17.1 Å². The number of nitrogens with zero attached hydrogens (tertiary/aromatic N) is 2. The second-order valence-electron chi connectivity index (χ2n) is 15.4. The van der Waals surface area contributed by atoms with Gasteiger partial charge in [0.15, 0.2) is 0 Å². The molecule has 50 heavy (non-hydrogen) atoms. The van der Waals surface area contributed by atoms with Gasteiger partial charge in [-0.2, -0.15) is 0 Å². The summed E-state index contributed by atoms with van der Waals surface area (Å²) in [6.07, 6.45) is 3.59. The lowest BCUT2D eigenvalue weighted by Gasteiger charge is -2.28. The van der Waals surface area contributed by atoms with Crippen molar-refractivity contribution in [2.75, 3.05) is 4.90 Å². The van der Waals surface area contributed by atoms with E-state index in [0.717, 1.165) is 17.8 Å². The van der Waals surface area contributed by atoms with Gasteiger partial charge in [0.2, 0.25) is 0 Å². The number of hydrogen-bond acceptors (Lipinski definition) is 1. The van der Waals surface area contributed by atoms with Gasteiger partial charge in [-0.1, -0.05) is 124 Å². The van der Waals surface area contributed by atoms with Crippen molar-refractivity contribution in [1.82, 2.24) is 4.57 Å². The van der Waals surface area contributed by atoms with Crippen LogP contribution < -0.4 is 4.90 Å². The maximum absolute atomic E-state index is 2.55. The molecule has 0 aliphatic heterocycles. The third-order valence-corrected chi connectivity index (χ3v) is 12.0. The molecule has 2 nitrogen and oxygen atoms in total. The van der Waals surface area contributed by atoms with Crippen molar-refractivity contribution in [3.8, 4) is 16.8 Å². The minimum atomic E-state index is -0.169. The average molecular weight is 645 g/mol. The zero-order chi connectivity index (χ0) is 33.8. The Labute approximate surface area is 295 Å². The van der Waals surface area contributed by atoms with E-state index in [4.69, 9.17) is 0 Å². The molecule has 10 rings (SSSR count). The van der Waals surface area contributed by atoms with Crippen molar-refractivity contribution in [3.63, 3.8) is 0 Å². The van der Waals surface area contributed by atoms with Crippen LogP contribution in [0.3, 0.4) is 0 Å². The summed E-state index contributed by atoms with van der Waals surface area (Å²) in [6, 6.07) is 53.8. The highest BCUT2D eigenvalue weighted by Gasteiger charge is 2.44. The molecule has 7 aromatic rings. The quantitative estimate of drug-likeness (QED) is 0.185. The molecule has 6 aromatic carbocycles. The van der Waals surface area contributed by atoms with Crippen LogP contribution in [0.5, 0.6) is 0 Å². The number of anilines is 3. The van der Waals surface area contributed by atoms with Gasteiger partial charge in [0.1, 0.15) is 0 Å². The van der Waals surface area contributed by atoms with E-state index in [9.17, 15) is 0 Å². The van der Waals surface area contributed by atoms with Gasteiger partial charge in [0.05, 0.1) is 11.2 Å². The van der Waals surface area contributed by atoms with Crippen molar-refractivity contribution >= 4 is 34.0 Å².